The molecular formula is C9H10ClN3OS. The minimum absolute atomic E-state index is 0.605. The second-order valence-electron chi connectivity index (χ2n) is 3.10. The summed E-state index contributed by atoms with van der Waals surface area (Å²) in [4.78, 5) is 4.04. The Kier molecular flexibility index (Phi) is 3.66. The maximum absolute atomic E-state index is 11.8. The van der Waals surface area contributed by atoms with Crippen LogP contribution in [0.25, 0.3) is 0 Å². The van der Waals surface area contributed by atoms with E-state index >= 15 is 0 Å². The summed E-state index contributed by atoms with van der Waals surface area (Å²) in [7, 11) is -2.74. The number of aromatic nitrogens is 1. The van der Waals surface area contributed by atoms with Crippen molar-refractivity contribution in [2.75, 3.05) is 6.26 Å². The van der Waals surface area contributed by atoms with Gasteiger partial charge < -0.3 is 0 Å². The molecule has 0 saturated heterocycles. The normalized spacial score (nSPS) is 16.1. The highest BCUT2D eigenvalue weighted by Gasteiger charge is 2.18. The standard InChI is InChI=1S/C9H10ClN3OS/c1-7-3-4-8(5-12-7)9(10)15(2,14)13-6-11/h3-5,9H,1-2H3. The Morgan fingerprint density at radius 3 is 2.80 bits per heavy atom. The Bertz CT molecular complexity index is 497. The minimum Gasteiger partial charge on any atom is -0.261 e. The van der Waals surface area contributed by atoms with Crippen molar-refractivity contribution in [2.24, 2.45) is 4.36 Å². The molecule has 1 rings (SSSR count). The number of rotatable bonds is 2. The van der Waals surface area contributed by atoms with Gasteiger partial charge in [-0.1, -0.05) is 6.07 Å². The van der Waals surface area contributed by atoms with E-state index in [1.807, 2.05) is 6.92 Å². The van der Waals surface area contributed by atoms with Crippen molar-refractivity contribution in [1.29, 1.82) is 5.26 Å². The SMILES string of the molecule is Cc1ccc(C(Cl)S(C)(=O)=NC#N)cn1. The van der Waals surface area contributed by atoms with Crippen LogP contribution in [-0.4, -0.2) is 15.4 Å². The smallest absolute Gasteiger partial charge is 0.214 e. The first-order valence-corrected chi connectivity index (χ1v) is 6.55. The van der Waals surface area contributed by atoms with E-state index in [2.05, 4.69) is 9.35 Å². The van der Waals surface area contributed by atoms with Gasteiger partial charge in [-0.05, 0) is 13.0 Å². The molecule has 0 saturated carbocycles. The molecule has 0 radical (unpaired) electrons. The number of nitrogens with zero attached hydrogens (tertiary/aromatic N) is 3. The lowest BCUT2D eigenvalue weighted by Gasteiger charge is -2.09. The lowest BCUT2D eigenvalue weighted by atomic mass is 10.3. The average molecular weight is 244 g/mol. The molecule has 1 heterocycles. The van der Waals surface area contributed by atoms with Crippen molar-refractivity contribution in [3.63, 3.8) is 0 Å². The van der Waals surface area contributed by atoms with Crippen LogP contribution >= 0.6 is 11.6 Å². The molecule has 1 aromatic heterocycles. The molecule has 0 N–H and O–H groups in total. The topological polar surface area (TPSA) is 66.1 Å². The predicted octanol–water partition coefficient (Wildman–Crippen LogP) is 2.21. The predicted molar refractivity (Wildman–Crippen MR) is 59.7 cm³/mol. The van der Waals surface area contributed by atoms with Crippen molar-refractivity contribution in [1.82, 2.24) is 4.98 Å². The number of alkyl halides is 1. The summed E-state index contributed by atoms with van der Waals surface area (Å²) in [6.45, 7) is 1.84. The Morgan fingerprint density at radius 1 is 1.67 bits per heavy atom. The van der Waals surface area contributed by atoms with Crippen LogP contribution in [0.1, 0.15) is 16.0 Å². The second-order valence-corrected chi connectivity index (χ2v) is 6.17. The third kappa shape index (κ3) is 2.91. The fourth-order valence-corrected chi connectivity index (χ4v) is 2.14. The molecule has 6 heteroatoms. The van der Waals surface area contributed by atoms with Gasteiger partial charge in [0.1, 0.15) is 4.71 Å². The molecule has 0 aliphatic carbocycles. The summed E-state index contributed by atoms with van der Waals surface area (Å²) in [5.41, 5.74) is 1.45. The van der Waals surface area contributed by atoms with E-state index in [0.717, 1.165) is 5.69 Å². The highest BCUT2D eigenvalue weighted by Crippen LogP contribution is 2.26. The van der Waals surface area contributed by atoms with Crippen molar-refractivity contribution in [3.8, 4) is 6.19 Å². The third-order valence-electron chi connectivity index (χ3n) is 1.80. The van der Waals surface area contributed by atoms with Gasteiger partial charge >= 0.3 is 0 Å². The summed E-state index contributed by atoms with van der Waals surface area (Å²) in [6, 6.07) is 3.50. The molecule has 2 atom stereocenters. The molecule has 0 fully saturated rings. The maximum Gasteiger partial charge on any atom is 0.214 e. The van der Waals surface area contributed by atoms with Crippen molar-refractivity contribution in [3.05, 3.63) is 29.6 Å². The van der Waals surface area contributed by atoms with Gasteiger partial charge in [-0.2, -0.15) is 5.26 Å². The molecule has 0 bridgehead atoms. The van der Waals surface area contributed by atoms with Gasteiger partial charge in [0.05, 0.1) is 9.73 Å². The minimum atomic E-state index is -2.74. The van der Waals surface area contributed by atoms with Crippen LogP contribution < -0.4 is 0 Å². The number of hydrogen-bond donors (Lipinski definition) is 0. The molecule has 0 amide bonds. The van der Waals surface area contributed by atoms with Gasteiger partial charge in [0.15, 0.2) is 0 Å². The zero-order chi connectivity index (χ0) is 11.5. The molecule has 80 valence electrons. The van der Waals surface area contributed by atoms with E-state index in [0.29, 0.717) is 5.56 Å². The summed E-state index contributed by atoms with van der Waals surface area (Å²) in [5, 5.41) is 8.37. The Hall–Kier alpha value is -1.12. The largest absolute Gasteiger partial charge is 0.261 e. The summed E-state index contributed by atoms with van der Waals surface area (Å²) in [6.07, 6.45) is 4.41. The van der Waals surface area contributed by atoms with E-state index in [4.69, 9.17) is 16.9 Å². The van der Waals surface area contributed by atoms with Crippen LogP contribution in [-0.2, 0) is 9.73 Å². The lowest BCUT2D eigenvalue weighted by Crippen LogP contribution is -2.05. The maximum atomic E-state index is 11.8. The molecule has 0 aromatic carbocycles. The van der Waals surface area contributed by atoms with Gasteiger partial charge in [0.2, 0.25) is 6.19 Å². The fourth-order valence-electron chi connectivity index (χ4n) is 0.993. The summed E-state index contributed by atoms with van der Waals surface area (Å²) < 4.78 is 14.3. The van der Waals surface area contributed by atoms with Crippen molar-refractivity contribution >= 4 is 21.3 Å². The van der Waals surface area contributed by atoms with Crippen LogP contribution in [0.15, 0.2) is 22.7 Å². The fraction of sp³-hybridized carbons (Fsp3) is 0.333. The Balaban J connectivity index is 3.12. The van der Waals surface area contributed by atoms with Crippen molar-refractivity contribution < 1.29 is 4.21 Å². The van der Waals surface area contributed by atoms with Crippen LogP contribution in [0.3, 0.4) is 0 Å². The molecule has 0 aliphatic rings. The first kappa shape index (κ1) is 12.0. The van der Waals surface area contributed by atoms with E-state index < -0.39 is 14.4 Å². The van der Waals surface area contributed by atoms with Crippen LogP contribution in [0.5, 0.6) is 0 Å². The summed E-state index contributed by atoms with van der Waals surface area (Å²) >= 11 is 5.97. The number of halogens is 1. The van der Waals surface area contributed by atoms with E-state index in [9.17, 15) is 4.21 Å². The quantitative estimate of drug-likeness (QED) is 0.591. The van der Waals surface area contributed by atoms with Gasteiger partial charge in [-0.15, -0.1) is 16.0 Å². The Labute approximate surface area is 94.1 Å². The number of nitriles is 1. The van der Waals surface area contributed by atoms with E-state index in [-0.39, 0.29) is 0 Å². The summed E-state index contributed by atoms with van der Waals surface area (Å²) in [5.74, 6) is 0. The number of hydrogen-bond acceptors (Lipinski definition) is 4. The molecule has 2 unspecified atom stereocenters. The molecule has 0 spiro atoms. The van der Waals surface area contributed by atoms with E-state index in [1.165, 1.54) is 12.4 Å². The molecular weight excluding hydrogens is 234 g/mol. The zero-order valence-electron chi connectivity index (χ0n) is 8.35. The molecule has 15 heavy (non-hydrogen) atoms. The van der Waals surface area contributed by atoms with Gasteiger partial charge in [-0.3, -0.25) is 4.98 Å². The lowest BCUT2D eigenvalue weighted by molar-refractivity contribution is 0.679. The Morgan fingerprint density at radius 2 is 2.33 bits per heavy atom. The highest BCUT2D eigenvalue weighted by atomic mass is 35.5. The molecule has 0 aliphatic heterocycles. The van der Waals surface area contributed by atoms with Crippen LogP contribution in [0, 0.1) is 18.4 Å². The second kappa shape index (κ2) is 4.60. The van der Waals surface area contributed by atoms with Gasteiger partial charge in [-0.25, -0.2) is 4.21 Å². The molecule has 4 nitrogen and oxygen atoms in total. The van der Waals surface area contributed by atoms with Crippen molar-refractivity contribution in [2.45, 2.75) is 11.6 Å². The molecule has 1 aromatic rings. The van der Waals surface area contributed by atoms with Gasteiger partial charge in [0.25, 0.3) is 0 Å². The zero-order valence-corrected chi connectivity index (χ0v) is 9.92. The first-order valence-electron chi connectivity index (χ1n) is 4.13. The average Bonchev–Trinajstić information content (AvgIpc) is 2.18. The number of aryl methyl sites for hydroxylation is 1. The number of pyridine rings is 1. The first-order chi connectivity index (χ1) is 6.97. The highest BCUT2D eigenvalue weighted by molar-refractivity contribution is 7.94. The van der Waals surface area contributed by atoms with Crippen LogP contribution in [0.2, 0.25) is 0 Å². The monoisotopic (exact) mass is 243 g/mol. The van der Waals surface area contributed by atoms with E-state index in [1.54, 1.807) is 18.3 Å². The van der Waals surface area contributed by atoms with Crippen LogP contribution in [0.4, 0.5) is 0 Å². The van der Waals surface area contributed by atoms with Gasteiger partial charge in [0, 0.05) is 23.7 Å². The third-order valence-corrected chi connectivity index (χ3v) is 4.53.